The number of halogens is 1. The van der Waals surface area contributed by atoms with Gasteiger partial charge in [0.15, 0.2) is 0 Å². The first-order valence-electron chi connectivity index (χ1n) is 4.08. The van der Waals surface area contributed by atoms with Gasteiger partial charge in [-0.25, -0.2) is 9.37 Å². The average Bonchev–Trinajstić information content (AvgIpc) is 2.19. The molecule has 0 spiro atoms. The Bertz CT molecular complexity index is 535. The number of nitrogens with two attached hydrogens (primary N) is 1. The van der Waals surface area contributed by atoms with Gasteiger partial charge in [-0.15, -0.1) is 0 Å². The van der Waals surface area contributed by atoms with Gasteiger partial charge in [0, 0.05) is 18.8 Å². The normalized spacial score (nSPS) is 10.7. The molecule has 2 N–H and O–H groups in total. The van der Waals surface area contributed by atoms with Gasteiger partial charge >= 0.3 is 0 Å². The molecule has 14 heavy (non-hydrogen) atoms. The van der Waals surface area contributed by atoms with Gasteiger partial charge < -0.3 is 5.73 Å². The van der Waals surface area contributed by atoms with Crippen molar-refractivity contribution in [2.24, 2.45) is 5.73 Å². The zero-order valence-electron chi connectivity index (χ0n) is 7.27. The zero-order valence-corrected chi connectivity index (χ0v) is 7.27. The summed E-state index contributed by atoms with van der Waals surface area (Å²) in [5.74, 6) is -0.470. The second kappa shape index (κ2) is 3.19. The van der Waals surface area contributed by atoms with Gasteiger partial charge in [0.05, 0.1) is 5.69 Å². The predicted molar refractivity (Wildman–Crippen MR) is 49.3 cm³/mol. The molecule has 0 radical (unpaired) electrons. The predicted octanol–water partition coefficient (Wildman–Crippen LogP) is 0.292. The Morgan fingerprint density at radius 3 is 3.00 bits per heavy atom. The van der Waals surface area contributed by atoms with Crippen LogP contribution in [0.1, 0.15) is 5.69 Å². The lowest BCUT2D eigenvalue weighted by Gasteiger charge is -2.01. The highest BCUT2D eigenvalue weighted by atomic mass is 19.1. The maximum atomic E-state index is 12.8. The van der Waals surface area contributed by atoms with Crippen molar-refractivity contribution < 1.29 is 4.39 Å². The van der Waals surface area contributed by atoms with E-state index in [9.17, 15) is 9.18 Å². The molecule has 2 aromatic heterocycles. The van der Waals surface area contributed by atoms with Crippen LogP contribution < -0.4 is 11.3 Å². The van der Waals surface area contributed by atoms with Crippen LogP contribution in [-0.4, -0.2) is 9.38 Å². The van der Waals surface area contributed by atoms with Crippen molar-refractivity contribution in [3.63, 3.8) is 0 Å². The summed E-state index contributed by atoms with van der Waals surface area (Å²) in [6, 6.07) is 3.99. The lowest BCUT2D eigenvalue weighted by molar-refractivity contribution is 0.617. The first-order chi connectivity index (χ1) is 6.70. The van der Waals surface area contributed by atoms with E-state index in [2.05, 4.69) is 4.98 Å². The summed E-state index contributed by atoms with van der Waals surface area (Å²) in [6.07, 6.45) is 1.10. The minimum atomic E-state index is -0.470. The van der Waals surface area contributed by atoms with Gasteiger partial charge in [-0.3, -0.25) is 9.20 Å². The largest absolute Gasteiger partial charge is 0.325 e. The number of pyridine rings is 1. The van der Waals surface area contributed by atoms with Gasteiger partial charge in [0.1, 0.15) is 11.5 Å². The minimum Gasteiger partial charge on any atom is -0.325 e. The average molecular weight is 193 g/mol. The van der Waals surface area contributed by atoms with Crippen LogP contribution in [0.3, 0.4) is 0 Å². The molecule has 2 rings (SSSR count). The molecule has 72 valence electrons. The van der Waals surface area contributed by atoms with Crippen molar-refractivity contribution in [1.82, 2.24) is 9.38 Å². The lowest BCUT2D eigenvalue weighted by atomic mass is 10.3. The van der Waals surface area contributed by atoms with Crippen molar-refractivity contribution in [1.29, 1.82) is 0 Å². The standard InChI is InChI=1S/C9H8FN3O/c10-6-1-2-8-12-7(4-11)3-9(14)13(8)5-6/h1-3,5H,4,11H2. The fourth-order valence-corrected chi connectivity index (χ4v) is 1.23. The SMILES string of the molecule is NCc1cc(=O)n2cc(F)ccc2n1. The summed E-state index contributed by atoms with van der Waals surface area (Å²) in [7, 11) is 0. The van der Waals surface area contributed by atoms with Crippen molar-refractivity contribution in [3.8, 4) is 0 Å². The molecule has 0 saturated heterocycles. The smallest absolute Gasteiger partial charge is 0.258 e. The molecule has 0 bridgehead atoms. The molecule has 0 fully saturated rings. The zero-order chi connectivity index (χ0) is 10.1. The molecule has 4 nitrogen and oxygen atoms in total. The number of fused-ring (bicyclic) bond motifs is 1. The molecule has 0 atom stereocenters. The van der Waals surface area contributed by atoms with E-state index in [0.29, 0.717) is 11.3 Å². The van der Waals surface area contributed by atoms with Gasteiger partial charge in [-0.1, -0.05) is 0 Å². The number of hydrogen-bond donors (Lipinski definition) is 1. The van der Waals surface area contributed by atoms with E-state index in [-0.39, 0.29) is 12.1 Å². The summed E-state index contributed by atoms with van der Waals surface area (Å²) < 4.78 is 13.9. The van der Waals surface area contributed by atoms with Gasteiger partial charge in [0.25, 0.3) is 5.56 Å². The number of aromatic nitrogens is 2. The third-order valence-electron chi connectivity index (χ3n) is 1.89. The Hall–Kier alpha value is -1.75. The number of hydrogen-bond acceptors (Lipinski definition) is 3. The molecule has 0 amide bonds. The second-order valence-electron chi connectivity index (χ2n) is 2.87. The summed E-state index contributed by atoms with van der Waals surface area (Å²) in [5.41, 5.74) is 5.93. The van der Waals surface area contributed by atoms with Crippen LogP contribution in [0.4, 0.5) is 4.39 Å². The minimum absolute atomic E-state index is 0.198. The third-order valence-corrected chi connectivity index (χ3v) is 1.89. The van der Waals surface area contributed by atoms with E-state index in [1.54, 1.807) is 0 Å². The van der Waals surface area contributed by atoms with Gasteiger partial charge in [-0.2, -0.15) is 0 Å². The molecule has 0 aliphatic rings. The van der Waals surface area contributed by atoms with Crippen molar-refractivity contribution in [2.75, 3.05) is 0 Å². The fraction of sp³-hybridized carbons (Fsp3) is 0.111. The maximum absolute atomic E-state index is 12.8. The van der Waals surface area contributed by atoms with Crippen LogP contribution in [0.2, 0.25) is 0 Å². The highest BCUT2D eigenvalue weighted by Gasteiger charge is 2.01. The summed E-state index contributed by atoms with van der Waals surface area (Å²) in [4.78, 5) is 15.5. The van der Waals surface area contributed by atoms with Crippen molar-refractivity contribution in [3.05, 3.63) is 46.3 Å². The van der Waals surface area contributed by atoms with Crippen LogP contribution in [0.15, 0.2) is 29.2 Å². The van der Waals surface area contributed by atoms with E-state index < -0.39 is 5.82 Å². The summed E-state index contributed by atoms with van der Waals surface area (Å²) in [6.45, 7) is 0.198. The van der Waals surface area contributed by atoms with Crippen LogP contribution in [0.5, 0.6) is 0 Å². The first kappa shape index (κ1) is 8.83. The molecule has 2 heterocycles. The van der Waals surface area contributed by atoms with Crippen LogP contribution in [0, 0.1) is 5.82 Å². The third kappa shape index (κ3) is 1.38. The summed E-state index contributed by atoms with van der Waals surface area (Å²) >= 11 is 0. The van der Waals surface area contributed by atoms with Crippen molar-refractivity contribution in [2.45, 2.75) is 6.54 Å². The molecule has 2 aromatic rings. The van der Waals surface area contributed by atoms with E-state index in [4.69, 9.17) is 5.73 Å². The van der Waals surface area contributed by atoms with Crippen LogP contribution >= 0.6 is 0 Å². The molecule has 0 aliphatic carbocycles. The Morgan fingerprint density at radius 2 is 2.29 bits per heavy atom. The molecule has 0 aliphatic heterocycles. The quantitative estimate of drug-likeness (QED) is 0.708. The van der Waals surface area contributed by atoms with E-state index in [1.165, 1.54) is 18.2 Å². The van der Waals surface area contributed by atoms with Crippen LogP contribution in [0.25, 0.3) is 5.65 Å². The number of nitrogens with zero attached hydrogens (tertiary/aromatic N) is 2. The number of rotatable bonds is 1. The Labute approximate surface area is 78.8 Å². The Balaban J connectivity index is 2.83. The first-order valence-corrected chi connectivity index (χ1v) is 4.08. The molecule has 0 saturated carbocycles. The Morgan fingerprint density at radius 1 is 1.50 bits per heavy atom. The van der Waals surface area contributed by atoms with Crippen LogP contribution in [-0.2, 0) is 6.54 Å². The Kier molecular flexibility index (Phi) is 2.01. The molecular formula is C9H8FN3O. The highest BCUT2D eigenvalue weighted by Crippen LogP contribution is 2.01. The fourth-order valence-electron chi connectivity index (χ4n) is 1.23. The molecule has 5 heteroatoms. The monoisotopic (exact) mass is 193 g/mol. The topological polar surface area (TPSA) is 60.4 Å². The van der Waals surface area contributed by atoms with Crippen molar-refractivity contribution >= 4 is 5.65 Å². The van der Waals surface area contributed by atoms with E-state index in [0.717, 1.165) is 10.6 Å². The van der Waals surface area contributed by atoms with Gasteiger partial charge in [-0.05, 0) is 12.1 Å². The molecule has 0 unspecified atom stereocenters. The van der Waals surface area contributed by atoms with E-state index in [1.807, 2.05) is 0 Å². The van der Waals surface area contributed by atoms with E-state index >= 15 is 0 Å². The highest BCUT2D eigenvalue weighted by molar-refractivity contribution is 5.38. The van der Waals surface area contributed by atoms with Gasteiger partial charge in [0.2, 0.25) is 0 Å². The molecule has 0 aromatic carbocycles. The maximum Gasteiger partial charge on any atom is 0.258 e. The lowest BCUT2D eigenvalue weighted by Crippen LogP contribution is -2.17. The summed E-state index contributed by atoms with van der Waals surface area (Å²) in [5, 5.41) is 0. The second-order valence-corrected chi connectivity index (χ2v) is 2.87. The molecular weight excluding hydrogens is 185 g/mol.